The molecule has 5 heteroatoms. The molecule has 0 aromatic carbocycles. The summed E-state index contributed by atoms with van der Waals surface area (Å²) in [7, 11) is 0. The number of alkyl halides is 1. The molecule has 0 radical (unpaired) electrons. The third-order valence-corrected chi connectivity index (χ3v) is 1.77. The van der Waals surface area contributed by atoms with Gasteiger partial charge in [0.15, 0.2) is 6.29 Å². The quantitative estimate of drug-likeness (QED) is 0.631. The van der Waals surface area contributed by atoms with Crippen LogP contribution in [0.4, 0.5) is 9.18 Å². The van der Waals surface area contributed by atoms with Gasteiger partial charge in [0.25, 0.3) is 0 Å². The van der Waals surface area contributed by atoms with Crippen LogP contribution in [-0.4, -0.2) is 41.6 Å². The maximum atomic E-state index is 13.1. The molecule has 0 aromatic rings. The number of amides is 1. The molecule has 0 saturated carbocycles. The maximum Gasteiger partial charge on any atom is 0.410 e. The minimum Gasteiger partial charge on any atom is -0.444 e. The lowest BCUT2D eigenvalue weighted by atomic mass is 9.99. The molecule has 0 aromatic heterocycles. The summed E-state index contributed by atoms with van der Waals surface area (Å²) < 4.78 is 18.0. The highest BCUT2D eigenvalue weighted by molar-refractivity contribution is 5.75. The van der Waals surface area contributed by atoms with E-state index in [4.69, 9.17) is 4.74 Å². The molecule has 0 unspecified atom stereocenters. The van der Waals surface area contributed by atoms with E-state index >= 15 is 0 Å². The summed E-state index contributed by atoms with van der Waals surface area (Å²) in [4.78, 5) is 22.6. The minimum absolute atomic E-state index is 0. The second-order valence-electron chi connectivity index (χ2n) is 4.49. The fraction of sp³-hybridized carbons (Fsp3) is 0.800. The SMILES string of the molecule is C.CC(C)(C)OC(=O)N1CC(F)(C=O)C1. The van der Waals surface area contributed by atoms with Gasteiger partial charge in [0.1, 0.15) is 5.60 Å². The number of ether oxygens (including phenoxy) is 1. The Labute approximate surface area is 89.4 Å². The van der Waals surface area contributed by atoms with Crippen molar-refractivity contribution in [2.45, 2.75) is 39.5 Å². The zero-order valence-corrected chi connectivity index (χ0v) is 8.54. The van der Waals surface area contributed by atoms with Crippen LogP contribution >= 0.6 is 0 Å². The lowest BCUT2D eigenvalue weighted by Crippen LogP contribution is -2.62. The van der Waals surface area contributed by atoms with Crippen LogP contribution in [0, 0.1) is 0 Å². The Bertz CT molecular complexity index is 254. The van der Waals surface area contributed by atoms with E-state index in [9.17, 15) is 14.0 Å². The van der Waals surface area contributed by atoms with Crippen molar-refractivity contribution < 1.29 is 18.7 Å². The predicted molar refractivity (Wildman–Crippen MR) is 54.4 cm³/mol. The Morgan fingerprint density at radius 2 is 1.93 bits per heavy atom. The fourth-order valence-corrected chi connectivity index (χ4v) is 1.12. The molecule has 88 valence electrons. The summed E-state index contributed by atoms with van der Waals surface area (Å²) in [5.74, 6) is 0. The Morgan fingerprint density at radius 3 is 2.27 bits per heavy atom. The summed E-state index contributed by atoms with van der Waals surface area (Å²) in [6, 6.07) is 0. The molecule has 15 heavy (non-hydrogen) atoms. The van der Waals surface area contributed by atoms with E-state index in [-0.39, 0.29) is 26.8 Å². The van der Waals surface area contributed by atoms with Gasteiger partial charge in [0.2, 0.25) is 5.67 Å². The van der Waals surface area contributed by atoms with Crippen LogP contribution in [0.15, 0.2) is 0 Å². The number of rotatable bonds is 1. The molecule has 0 N–H and O–H groups in total. The van der Waals surface area contributed by atoms with Gasteiger partial charge in [0.05, 0.1) is 13.1 Å². The molecule has 0 spiro atoms. The fourth-order valence-electron chi connectivity index (χ4n) is 1.12. The normalized spacial score (nSPS) is 18.5. The van der Waals surface area contributed by atoms with E-state index in [0.29, 0.717) is 0 Å². The van der Waals surface area contributed by atoms with Crippen molar-refractivity contribution >= 4 is 12.4 Å². The molecule has 1 saturated heterocycles. The van der Waals surface area contributed by atoms with Gasteiger partial charge in [-0.2, -0.15) is 0 Å². The monoisotopic (exact) mass is 219 g/mol. The van der Waals surface area contributed by atoms with Gasteiger partial charge in [-0.1, -0.05) is 7.43 Å². The van der Waals surface area contributed by atoms with Crippen LogP contribution in [0.1, 0.15) is 28.2 Å². The highest BCUT2D eigenvalue weighted by atomic mass is 19.1. The van der Waals surface area contributed by atoms with Gasteiger partial charge in [-0.15, -0.1) is 0 Å². The largest absolute Gasteiger partial charge is 0.444 e. The standard InChI is InChI=1S/C9H14FNO3.CH4/c1-8(2,3)14-7(13)11-4-9(10,5-11)6-12;/h6H,4-5H2,1-3H3;1H4. The number of carbonyl (C=O) groups excluding carboxylic acids is 2. The van der Waals surface area contributed by atoms with Crippen molar-refractivity contribution in [1.29, 1.82) is 0 Å². The summed E-state index contributed by atoms with van der Waals surface area (Å²) in [5.41, 5.74) is -2.45. The van der Waals surface area contributed by atoms with Crippen LogP contribution in [0.2, 0.25) is 0 Å². The van der Waals surface area contributed by atoms with E-state index in [2.05, 4.69) is 0 Å². The van der Waals surface area contributed by atoms with Gasteiger partial charge in [-0.25, -0.2) is 9.18 Å². The number of halogens is 1. The van der Waals surface area contributed by atoms with Gasteiger partial charge in [0, 0.05) is 0 Å². The lowest BCUT2D eigenvalue weighted by molar-refractivity contribution is -0.128. The van der Waals surface area contributed by atoms with Crippen LogP contribution in [0.3, 0.4) is 0 Å². The third kappa shape index (κ3) is 3.49. The Kier molecular flexibility index (Phi) is 3.85. The summed E-state index contributed by atoms with van der Waals surface area (Å²) in [6.45, 7) is 4.78. The molecular formula is C10H18FNO3. The second-order valence-corrected chi connectivity index (χ2v) is 4.49. The Hall–Kier alpha value is -1.13. The topological polar surface area (TPSA) is 46.6 Å². The first-order chi connectivity index (χ1) is 6.26. The molecule has 1 amide bonds. The van der Waals surface area contributed by atoms with Crippen molar-refractivity contribution in [1.82, 2.24) is 4.90 Å². The van der Waals surface area contributed by atoms with E-state index in [0.717, 1.165) is 0 Å². The molecule has 0 atom stereocenters. The van der Waals surface area contributed by atoms with E-state index in [1.807, 2.05) is 0 Å². The highest BCUT2D eigenvalue weighted by Gasteiger charge is 2.47. The van der Waals surface area contributed by atoms with Crippen LogP contribution in [-0.2, 0) is 9.53 Å². The van der Waals surface area contributed by atoms with E-state index in [1.165, 1.54) is 4.90 Å². The molecule has 1 rings (SSSR count). The average molecular weight is 219 g/mol. The first-order valence-electron chi connectivity index (χ1n) is 4.39. The molecule has 1 heterocycles. The Morgan fingerprint density at radius 1 is 1.47 bits per heavy atom. The second kappa shape index (κ2) is 4.16. The Balaban J connectivity index is 0.00000196. The van der Waals surface area contributed by atoms with Crippen LogP contribution in [0.25, 0.3) is 0 Å². The number of carbonyl (C=O) groups is 2. The smallest absolute Gasteiger partial charge is 0.410 e. The zero-order valence-electron chi connectivity index (χ0n) is 8.54. The number of aldehydes is 1. The summed E-state index contributed by atoms with van der Waals surface area (Å²) in [6.07, 6.45) is -0.346. The molecule has 1 aliphatic rings. The number of nitrogens with zero attached hydrogens (tertiary/aromatic N) is 1. The van der Waals surface area contributed by atoms with Crippen LogP contribution < -0.4 is 0 Å². The molecule has 0 bridgehead atoms. The molecule has 4 nitrogen and oxygen atoms in total. The van der Waals surface area contributed by atoms with Crippen LogP contribution in [0.5, 0.6) is 0 Å². The number of hydrogen-bond acceptors (Lipinski definition) is 3. The highest BCUT2D eigenvalue weighted by Crippen LogP contribution is 2.24. The first kappa shape index (κ1) is 13.9. The number of likely N-dealkylation sites (tertiary alicyclic amines) is 1. The minimum atomic E-state index is -1.86. The molecule has 0 aliphatic carbocycles. The van der Waals surface area contributed by atoms with E-state index in [1.54, 1.807) is 20.8 Å². The molecule has 1 aliphatic heterocycles. The van der Waals surface area contributed by atoms with E-state index < -0.39 is 17.4 Å². The lowest BCUT2D eigenvalue weighted by Gasteiger charge is -2.41. The number of hydrogen-bond donors (Lipinski definition) is 0. The van der Waals surface area contributed by atoms with Crippen molar-refractivity contribution in [2.24, 2.45) is 0 Å². The molecule has 1 fully saturated rings. The van der Waals surface area contributed by atoms with Gasteiger partial charge in [-0.3, -0.25) is 4.79 Å². The first-order valence-corrected chi connectivity index (χ1v) is 4.39. The van der Waals surface area contributed by atoms with Crippen molar-refractivity contribution in [3.05, 3.63) is 0 Å². The molecular weight excluding hydrogens is 201 g/mol. The summed E-state index contributed by atoms with van der Waals surface area (Å²) >= 11 is 0. The maximum absolute atomic E-state index is 13.1. The average Bonchev–Trinajstić information content (AvgIpc) is 1.95. The van der Waals surface area contributed by atoms with Crippen molar-refractivity contribution in [2.75, 3.05) is 13.1 Å². The summed E-state index contributed by atoms with van der Waals surface area (Å²) in [5, 5.41) is 0. The van der Waals surface area contributed by atoms with Crippen molar-refractivity contribution in [3.63, 3.8) is 0 Å². The predicted octanol–water partition coefficient (Wildman–Crippen LogP) is 1.78. The van der Waals surface area contributed by atoms with Gasteiger partial charge in [-0.05, 0) is 20.8 Å². The van der Waals surface area contributed by atoms with Crippen molar-refractivity contribution in [3.8, 4) is 0 Å². The van der Waals surface area contributed by atoms with Gasteiger partial charge >= 0.3 is 6.09 Å². The zero-order chi connectivity index (χ0) is 11.0. The third-order valence-electron chi connectivity index (χ3n) is 1.77. The van der Waals surface area contributed by atoms with Gasteiger partial charge < -0.3 is 9.64 Å².